The van der Waals surface area contributed by atoms with Crippen LogP contribution in [0.25, 0.3) is 0 Å². The molecule has 1 aliphatic carbocycles. The van der Waals surface area contributed by atoms with Crippen molar-refractivity contribution in [2.45, 2.75) is 57.9 Å². The number of hydrogen-bond acceptors (Lipinski definition) is 2. The van der Waals surface area contributed by atoms with E-state index in [4.69, 9.17) is 5.73 Å². The van der Waals surface area contributed by atoms with Crippen LogP contribution in [-0.4, -0.2) is 30.1 Å². The van der Waals surface area contributed by atoms with Crippen LogP contribution in [0.3, 0.4) is 0 Å². The Morgan fingerprint density at radius 2 is 1.81 bits per heavy atom. The molecular formula is C14H28N2. The quantitative estimate of drug-likeness (QED) is 0.781. The Bertz CT molecular complexity index is 223. The summed E-state index contributed by atoms with van der Waals surface area (Å²) in [6.45, 7) is 8.28. The van der Waals surface area contributed by atoms with Crippen molar-refractivity contribution < 1.29 is 0 Å². The van der Waals surface area contributed by atoms with Crippen molar-refractivity contribution in [1.29, 1.82) is 0 Å². The minimum Gasteiger partial charge on any atom is -0.329 e. The topological polar surface area (TPSA) is 29.3 Å². The third-order valence-electron chi connectivity index (χ3n) is 5.31. The molecule has 1 heterocycles. The van der Waals surface area contributed by atoms with Crippen molar-refractivity contribution in [2.24, 2.45) is 17.6 Å². The Morgan fingerprint density at radius 1 is 1.12 bits per heavy atom. The molecule has 0 aromatic rings. The van der Waals surface area contributed by atoms with Crippen molar-refractivity contribution in [2.75, 3.05) is 19.6 Å². The Hall–Kier alpha value is -0.0800. The zero-order valence-corrected chi connectivity index (χ0v) is 11.0. The van der Waals surface area contributed by atoms with Gasteiger partial charge in [-0.2, -0.15) is 0 Å². The summed E-state index contributed by atoms with van der Waals surface area (Å²) in [5.74, 6) is 1.61. The Balaban J connectivity index is 2.15. The average molecular weight is 224 g/mol. The molecule has 2 aliphatic rings. The molecule has 1 aliphatic heterocycles. The van der Waals surface area contributed by atoms with Crippen LogP contribution in [0.5, 0.6) is 0 Å². The summed E-state index contributed by atoms with van der Waals surface area (Å²) < 4.78 is 0. The lowest BCUT2D eigenvalue weighted by Crippen LogP contribution is -2.62. The van der Waals surface area contributed by atoms with Crippen LogP contribution in [-0.2, 0) is 0 Å². The summed E-state index contributed by atoms with van der Waals surface area (Å²) in [6, 6.07) is 0. The van der Waals surface area contributed by atoms with Gasteiger partial charge in [0.1, 0.15) is 0 Å². The van der Waals surface area contributed by atoms with Gasteiger partial charge in [0.2, 0.25) is 0 Å². The van der Waals surface area contributed by atoms with Crippen LogP contribution in [0, 0.1) is 11.8 Å². The van der Waals surface area contributed by atoms with E-state index < -0.39 is 0 Å². The third-order valence-corrected chi connectivity index (χ3v) is 5.31. The molecule has 0 amide bonds. The van der Waals surface area contributed by atoms with Gasteiger partial charge < -0.3 is 5.73 Å². The summed E-state index contributed by atoms with van der Waals surface area (Å²) in [5.41, 5.74) is 6.51. The molecule has 2 nitrogen and oxygen atoms in total. The summed E-state index contributed by atoms with van der Waals surface area (Å²) in [6.07, 6.45) is 8.28. The minimum absolute atomic E-state index is 0.331. The maximum absolute atomic E-state index is 6.18. The van der Waals surface area contributed by atoms with Gasteiger partial charge in [0, 0.05) is 12.1 Å². The first-order chi connectivity index (χ1) is 7.70. The SMILES string of the molecule is CC1CCCC(CN)(N2CCCCC2)C1C. The molecule has 1 saturated heterocycles. The molecule has 2 fully saturated rings. The molecule has 2 N–H and O–H groups in total. The Kier molecular flexibility index (Phi) is 3.91. The smallest absolute Gasteiger partial charge is 0.0359 e. The fourth-order valence-electron chi connectivity index (χ4n) is 3.94. The van der Waals surface area contributed by atoms with Crippen molar-refractivity contribution in [3.63, 3.8) is 0 Å². The molecule has 3 atom stereocenters. The molecule has 16 heavy (non-hydrogen) atoms. The van der Waals surface area contributed by atoms with Gasteiger partial charge in [0.25, 0.3) is 0 Å². The fourth-order valence-corrected chi connectivity index (χ4v) is 3.94. The first-order valence-electron chi connectivity index (χ1n) is 7.16. The molecule has 2 heteroatoms. The number of nitrogens with zero attached hydrogens (tertiary/aromatic N) is 1. The van der Waals surface area contributed by atoms with E-state index in [-0.39, 0.29) is 0 Å². The second-order valence-corrected chi connectivity index (χ2v) is 6.01. The van der Waals surface area contributed by atoms with E-state index in [2.05, 4.69) is 18.7 Å². The van der Waals surface area contributed by atoms with Gasteiger partial charge in [-0.05, 0) is 44.2 Å². The van der Waals surface area contributed by atoms with Crippen molar-refractivity contribution in [1.82, 2.24) is 4.90 Å². The molecule has 0 bridgehead atoms. The second-order valence-electron chi connectivity index (χ2n) is 6.01. The normalized spacial score (nSPS) is 42.2. The standard InChI is InChI=1S/C14H28N2/c1-12-7-6-8-14(11-15,13(12)2)16-9-4-3-5-10-16/h12-13H,3-11,15H2,1-2H3. The molecular weight excluding hydrogens is 196 g/mol. The van der Waals surface area contributed by atoms with Crippen LogP contribution in [0.15, 0.2) is 0 Å². The minimum atomic E-state index is 0.331. The molecule has 1 saturated carbocycles. The predicted octanol–water partition coefficient (Wildman–Crippen LogP) is 2.63. The van der Waals surface area contributed by atoms with Gasteiger partial charge in [0.15, 0.2) is 0 Å². The highest BCUT2D eigenvalue weighted by molar-refractivity contribution is 5.00. The van der Waals surface area contributed by atoms with Crippen molar-refractivity contribution in [3.8, 4) is 0 Å². The van der Waals surface area contributed by atoms with Gasteiger partial charge >= 0.3 is 0 Å². The second kappa shape index (κ2) is 5.05. The number of hydrogen-bond donors (Lipinski definition) is 1. The number of piperidine rings is 1. The lowest BCUT2D eigenvalue weighted by molar-refractivity contribution is -0.0215. The fraction of sp³-hybridized carbons (Fsp3) is 1.00. The summed E-state index contributed by atoms with van der Waals surface area (Å²) in [7, 11) is 0. The van der Waals surface area contributed by atoms with E-state index in [1.165, 1.54) is 51.6 Å². The first-order valence-corrected chi connectivity index (χ1v) is 7.16. The number of rotatable bonds is 2. The molecule has 0 spiro atoms. The van der Waals surface area contributed by atoms with Gasteiger partial charge in [0.05, 0.1) is 0 Å². The van der Waals surface area contributed by atoms with E-state index in [9.17, 15) is 0 Å². The lowest BCUT2D eigenvalue weighted by atomic mass is 9.67. The number of nitrogens with two attached hydrogens (primary N) is 1. The molecule has 0 aromatic heterocycles. The maximum Gasteiger partial charge on any atom is 0.0359 e. The maximum atomic E-state index is 6.18. The average Bonchev–Trinajstić information content (AvgIpc) is 2.34. The predicted molar refractivity (Wildman–Crippen MR) is 69.4 cm³/mol. The zero-order chi connectivity index (χ0) is 11.6. The molecule has 0 radical (unpaired) electrons. The molecule has 2 rings (SSSR count). The molecule has 3 unspecified atom stereocenters. The van der Waals surface area contributed by atoms with Gasteiger partial charge in [-0.25, -0.2) is 0 Å². The zero-order valence-electron chi connectivity index (χ0n) is 11.0. The van der Waals surface area contributed by atoms with Gasteiger partial charge in [-0.1, -0.05) is 33.1 Å². The van der Waals surface area contributed by atoms with Crippen molar-refractivity contribution >= 4 is 0 Å². The van der Waals surface area contributed by atoms with E-state index in [1.54, 1.807) is 0 Å². The summed E-state index contributed by atoms with van der Waals surface area (Å²) in [4.78, 5) is 2.73. The lowest BCUT2D eigenvalue weighted by Gasteiger charge is -2.53. The Morgan fingerprint density at radius 3 is 2.44 bits per heavy atom. The number of likely N-dealkylation sites (tertiary alicyclic amines) is 1. The summed E-state index contributed by atoms with van der Waals surface area (Å²) in [5, 5.41) is 0. The highest BCUT2D eigenvalue weighted by Crippen LogP contribution is 2.42. The van der Waals surface area contributed by atoms with Crippen LogP contribution in [0.4, 0.5) is 0 Å². The van der Waals surface area contributed by atoms with E-state index in [0.717, 1.165) is 18.4 Å². The van der Waals surface area contributed by atoms with Crippen LogP contribution in [0.2, 0.25) is 0 Å². The van der Waals surface area contributed by atoms with Gasteiger partial charge in [-0.3, -0.25) is 4.90 Å². The van der Waals surface area contributed by atoms with Crippen LogP contribution >= 0.6 is 0 Å². The van der Waals surface area contributed by atoms with Crippen LogP contribution < -0.4 is 5.73 Å². The van der Waals surface area contributed by atoms with E-state index >= 15 is 0 Å². The van der Waals surface area contributed by atoms with E-state index in [0.29, 0.717) is 5.54 Å². The van der Waals surface area contributed by atoms with Gasteiger partial charge in [-0.15, -0.1) is 0 Å². The largest absolute Gasteiger partial charge is 0.329 e. The highest BCUT2D eigenvalue weighted by atomic mass is 15.2. The molecule has 0 aromatic carbocycles. The monoisotopic (exact) mass is 224 g/mol. The van der Waals surface area contributed by atoms with Crippen LogP contribution in [0.1, 0.15) is 52.4 Å². The molecule has 94 valence electrons. The summed E-state index contributed by atoms with van der Waals surface area (Å²) >= 11 is 0. The van der Waals surface area contributed by atoms with Crippen molar-refractivity contribution in [3.05, 3.63) is 0 Å². The highest BCUT2D eigenvalue weighted by Gasteiger charge is 2.44. The van der Waals surface area contributed by atoms with E-state index in [1.807, 2.05) is 0 Å². The first kappa shape index (κ1) is 12.4. The Labute approximate surface area is 101 Å². The third kappa shape index (κ3) is 2.02.